The molecule has 0 unspecified atom stereocenters. The molecule has 4 nitrogen and oxygen atoms in total. The van der Waals surface area contributed by atoms with Crippen molar-refractivity contribution >= 4 is 5.97 Å². The standard InChI is InChI=1S/C14H13NO3/c1-10-6-7-12(13(9-10)17-11(2)16)18-14-5-3-4-8-15-14/h3-9H,1-2H3. The highest BCUT2D eigenvalue weighted by molar-refractivity contribution is 5.70. The summed E-state index contributed by atoms with van der Waals surface area (Å²) >= 11 is 0. The molecule has 1 aromatic carbocycles. The number of ether oxygens (including phenoxy) is 2. The Hall–Kier alpha value is -2.36. The van der Waals surface area contributed by atoms with Crippen LogP contribution in [-0.2, 0) is 4.79 Å². The van der Waals surface area contributed by atoms with E-state index < -0.39 is 0 Å². The van der Waals surface area contributed by atoms with Crippen molar-refractivity contribution < 1.29 is 14.3 Å². The highest BCUT2D eigenvalue weighted by Gasteiger charge is 2.09. The highest BCUT2D eigenvalue weighted by Crippen LogP contribution is 2.31. The van der Waals surface area contributed by atoms with Crippen molar-refractivity contribution in [1.82, 2.24) is 4.98 Å². The van der Waals surface area contributed by atoms with E-state index in [2.05, 4.69) is 4.98 Å². The monoisotopic (exact) mass is 243 g/mol. The van der Waals surface area contributed by atoms with Gasteiger partial charge in [-0.05, 0) is 30.7 Å². The number of carbonyl (C=O) groups is 1. The fraction of sp³-hybridized carbons (Fsp3) is 0.143. The van der Waals surface area contributed by atoms with Crippen molar-refractivity contribution in [2.45, 2.75) is 13.8 Å². The van der Waals surface area contributed by atoms with Crippen LogP contribution in [0.15, 0.2) is 42.6 Å². The first-order chi connectivity index (χ1) is 8.65. The summed E-state index contributed by atoms with van der Waals surface area (Å²) in [6, 6.07) is 10.7. The summed E-state index contributed by atoms with van der Waals surface area (Å²) in [6.45, 7) is 3.27. The lowest BCUT2D eigenvalue weighted by Crippen LogP contribution is -2.03. The molecule has 1 heterocycles. The normalized spacial score (nSPS) is 9.89. The van der Waals surface area contributed by atoms with Crippen LogP contribution in [0.4, 0.5) is 0 Å². The predicted octanol–water partition coefficient (Wildman–Crippen LogP) is 3.11. The first kappa shape index (κ1) is 12.1. The molecule has 0 aliphatic rings. The average molecular weight is 243 g/mol. The van der Waals surface area contributed by atoms with Crippen LogP contribution in [0.5, 0.6) is 17.4 Å². The van der Waals surface area contributed by atoms with Crippen molar-refractivity contribution in [3.63, 3.8) is 0 Å². The molecule has 0 N–H and O–H groups in total. The van der Waals surface area contributed by atoms with Gasteiger partial charge in [0.05, 0.1) is 0 Å². The van der Waals surface area contributed by atoms with Gasteiger partial charge in [0.15, 0.2) is 11.5 Å². The van der Waals surface area contributed by atoms with Crippen molar-refractivity contribution in [2.75, 3.05) is 0 Å². The van der Waals surface area contributed by atoms with Gasteiger partial charge >= 0.3 is 5.97 Å². The Labute approximate surface area is 105 Å². The fourth-order valence-corrected chi connectivity index (χ4v) is 1.45. The third-order valence-electron chi connectivity index (χ3n) is 2.21. The molecule has 0 aliphatic carbocycles. The zero-order chi connectivity index (χ0) is 13.0. The van der Waals surface area contributed by atoms with Gasteiger partial charge in [-0.1, -0.05) is 12.1 Å². The smallest absolute Gasteiger partial charge is 0.308 e. The van der Waals surface area contributed by atoms with Gasteiger partial charge in [-0.3, -0.25) is 4.79 Å². The van der Waals surface area contributed by atoms with Crippen molar-refractivity contribution in [2.24, 2.45) is 0 Å². The molecule has 92 valence electrons. The zero-order valence-corrected chi connectivity index (χ0v) is 10.2. The number of benzene rings is 1. The minimum atomic E-state index is -0.383. The van der Waals surface area contributed by atoms with Gasteiger partial charge in [0.2, 0.25) is 5.88 Å². The van der Waals surface area contributed by atoms with Gasteiger partial charge in [0.25, 0.3) is 0 Å². The van der Waals surface area contributed by atoms with E-state index in [9.17, 15) is 4.79 Å². The van der Waals surface area contributed by atoms with Gasteiger partial charge in [0.1, 0.15) is 0 Å². The molecule has 0 saturated heterocycles. The van der Waals surface area contributed by atoms with Crippen LogP contribution in [0.3, 0.4) is 0 Å². The van der Waals surface area contributed by atoms with Crippen molar-refractivity contribution in [1.29, 1.82) is 0 Å². The molecule has 0 spiro atoms. The molecule has 0 bridgehead atoms. The lowest BCUT2D eigenvalue weighted by atomic mass is 10.2. The van der Waals surface area contributed by atoms with Crippen LogP contribution >= 0.6 is 0 Å². The molecular formula is C14H13NO3. The summed E-state index contributed by atoms with van der Waals surface area (Å²) in [5.41, 5.74) is 0.986. The maximum Gasteiger partial charge on any atom is 0.308 e. The SMILES string of the molecule is CC(=O)Oc1cc(C)ccc1Oc1ccccn1. The molecule has 0 aliphatic heterocycles. The van der Waals surface area contributed by atoms with Crippen LogP contribution < -0.4 is 9.47 Å². The summed E-state index contributed by atoms with van der Waals surface area (Å²) in [6.07, 6.45) is 1.63. The highest BCUT2D eigenvalue weighted by atomic mass is 16.6. The zero-order valence-electron chi connectivity index (χ0n) is 10.2. The van der Waals surface area contributed by atoms with Crippen LogP contribution in [0.25, 0.3) is 0 Å². The molecule has 0 radical (unpaired) electrons. The Kier molecular flexibility index (Phi) is 3.57. The molecular weight excluding hydrogens is 230 g/mol. The third kappa shape index (κ3) is 3.07. The van der Waals surface area contributed by atoms with Crippen LogP contribution in [0.1, 0.15) is 12.5 Å². The first-order valence-electron chi connectivity index (χ1n) is 5.53. The first-order valence-corrected chi connectivity index (χ1v) is 5.53. The second-order valence-electron chi connectivity index (χ2n) is 3.81. The van der Waals surface area contributed by atoms with Crippen LogP contribution in [0, 0.1) is 6.92 Å². The average Bonchev–Trinajstić information content (AvgIpc) is 2.33. The minimum Gasteiger partial charge on any atom is -0.435 e. The lowest BCUT2D eigenvalue weighted by molar-refractivity contribution is -0.132. The van der Waals surface area contributed by atoms with E-state index >= 15 is 0 Å². The third-order valence-corrected chi connectivity index (χ3v) is 2.21. The van der Waals surface area contributed by atoms with Gasteiger partial charge in [0, 0.05) is 19.2 Å². The number of hydrogen-bond acceptors (Lipinski definition) is 4. The number of esters is 1. The predicted molar refractivity (Wildman–Crippen MR) is 66.8 cm³/mol. The number of carbonyl (C=O) groups excluding carboxylic acids is 1. The number of nitrogens with zero attached hydrogens (tertiary/aromatic N) is 1. The number of aryl methyl sites for hydroxylation is 1. The summed E-state index contributed by atoms with van der Waals surface area (Å²) in [4.78, 5) is 15.1. The van der Waals surface area contributed by atoms with E-state index in [1.54, 1.807) is 30.5 Å². The molecule has 0 saturated carbocycles. The summed E-state index contributed by atoms with van der Waals surface area (Å²) in [7, 11) is 0. The summed E-state index contributed by atoms with van der Waals surface area (Å²) in [5.74, 6) is 0.934. The largest absolute Gasteiger partial charge is 0.435 e. The Balaban J connectivity index is 2.29. The molecule has 0 atom stereocenters. The van der Waals surface area contributed by atoms with Gasteiger partial charge in [-0.2, -0.15) is 0 Å². The van der Waals surface area contributed by atoms with Gasteiger partial charge in [-0.15, -0.1) is 0 Å². The minimum absolute atomic E-state index is 0.383. The molecule has 4 heteroatoms. The van der Waals surface area contributed by atoms with Crippen molar-refractivity contribution in [3.8, 4) is 17.4 Å². The number of aromatic nitrogens is 1. The molecule has 0 fully saturated rings. The number of pyridine rings is 1. The molecule has 18 heavy (non-hydrogen) atoms. The van der Waals surface area contributed by atoms with E-state index in [0.717, 1.165) is 5.56 Å². The second-order valence-corrected chi connectivity index (χ2v) is 3.81. The van der Waals surface area contributed by atoms with E-state index in [1.165, 1.54) is 6.92 Å². The molecule has 0 amide bonds. The van der Waals surface area contributed by atoms with Crippen LogP contribution in [0.2, 0.25) is 0 Å². The lowest BCUT2D eigenvalue weighted by Gasteiger charge is -2.10. The van der Waals surface area contributed by atoms with E-state index in [1.807, 2.05) is 19.1 Å². The van der Waals surface area contributed by atoms with E-state index in [-0.39, 0.29) is 5.97 Å². The fourth-order valence-electron chi connectivity index (χ4n) is 1.45. The molecule has 2 aromatic rings. The maximum absolute atomic E-state index is 11.0. The maximum atomic E-state index is 11.0. The molecule has 2 rings (SSSR count). The Bertz CT molecular complexity index is 552. The Morgan fingerprint density at radius 1 is 1.17 bits per heavy atom. The number of rotatable bonds is 3. The quantitative estimate of drug-likeness (QED) is 0.614. The molecule has 1 aromatic heterocycles. The summed E-state index contributed by atoms with van der Waals surface area (Å²) in [5, 5.41) is 0. The topological polar surface area (TPSA) is 48.4 Å². The second kappa shape index (κ2) is 5.31. The Morgan fingerprint density at radius 2 is 2.00 bits per heavy atom. The Morgan fingerprint density at radius 3 is 2.67 bits per heavy atom. The van der Waals surface area contributed by atoms with Gasteiger partial charge in [-0.25, -0.2) is 4.98 Å². The van der Waals surface area contributed by atoms with Crippen molar-refractivity contribution in [3.05, 3.63) is 48.2 Å². The van der Waals surface area contributed by atoms with E-state index in [0.29, 0.717) is 17.4 Å². The van der Waals surface area contributed by atoms with Gasteiger partial charge < -0.3 is 9.47 Å². The number of hydrogen-bond donors (Lipinski definition) is 0. The van der Waals surface area contributed by atoms with E-state index in [4.69, 9.17) is 9.47 Å². The van der Waals surface area contributed by atoms with Crippen LogP contribution in [-0.4, -0.2) is 11.0 Å². The summed E-state index contributed by atoms with van der Waals surface area (Å²) < 4.78 is 10.7.